The van der Waals surface area contributed by atoms with Crippen LogP contribution in [0.4, 0.5) is 14.9 Å². The fourth-order valence-corrected chi connectivity index (χ4v) is 3.44. The fraction of sp³-hybridized carbons (Fsp3) is 0.364. The van der Waals surface area contributed by atoms with E-state index in [0.29, 0.717) is 36.8 Å². The molecule has 7 nitrogen and oxygen atoms in total. The summed E-state index contributed by atoms with van der Waals surface area (Å²) in [5, 5.41) is 5.63. The van der Waals surface area contributed by atoms with Crippen molar-refractivity contribution in [2.75, 3.05) is 39.2 Å². The molecule has 0 aliphatic carbocycles. The number of urea groups is 1. The minimum atomic E-state index is -0.503. The van der Waals surface area contributed by atoms with Gasteiger partial charge < -0.3 is 25.0 Å². The van der Waals surface area contributed by atoms with E-state index in [0.717, 1.165) is 12.8 Å². The van der Waals surface area contributed by atoms with Crippen LogP contribution in [0.25, 0.3) is 0 Å². The van der Waals surface area contributed by atoms with Crippen molar-refractivity contribution in [3.05, 3.63) is 53.8 Å². The lowest BCUT2D eigenvalue weighted by Crippen LogP contribution is -2.42. The third-order valence-electron chi connectivity index (χ3n) is 5.17. The highest BCUT2D eigenvalue weighted by atomic mass is 19.1. The van der Waals surface area contributed by atoms with Gasteiger partial charge in [-0.25, -0.2) is 9.18 Å². The van der Waals surface area contributed by atoms with Gasteiger partial charge in [-0.05, 0) is 30.9 Å². The van der Waals surface area contributed by atoms with Crippen molar-refractivity contribution in [2.24, 2.45) is 5.92 Å². The molecule has 3 rings (SSSR count). The van der Waals surface area contributed by atoms with Crippen molar-refractivity contribution in [3.63, 3.8) is 0 Å². The number of anilines is 1. The molecule has 0 spiro atoms. The molecule has 2 N–H and O–H groups in total. The van der Waals surface area contributed by atoms with Crippen molar-refractivity contribution in [2.45, 2.75) is 12.8 Å². The second kappa shape index (κ2) is 9.96. The number of rotatable bonds is 6. The Hall–Kier alpha value is -3.29. The summed E-state index contributed by atoms with van der Waals surface area (Å²) in [5.41, 5.74) is 0.663. The lowest BCUT2D eigenvalue weighted by atomic mass is 9.96. The monoisotopic (exact) mass is 415 g/mol. The number of hydrogen-bond acceptors (Lipinski definition) is 4. The summed E-state index contributed by atoms with van der Waals surface area (Å²) in [6.07, 6.45) is 1.49. The zero-order valence-electron chi connectivity index (χ0n) is 17.1. The minimum absolute atomic E-state index is 0.0992. The first-order chi connectivity index (χ1) is 14.5. The van der Waals surface area contributed by atoms with Crippen LogP contribution in [-0.2, 0) is 0 Å². The Labute approximate surface area is 175 Å². The van der Waals surface area contributed by atoms with Crippen molar-refractivity contribution in [1.82, 2.24) is 10.2 Å². The Kier molecular flexibility index (Phi) is 7.11. The van der Waals surface area contributed by atoms with Crippen LogP contribution in [0.1, 0.15) is 23.2 Å². The van der Waals surface area contributed by atoms with E-state index in [1.165, 1.54) is 12.1 Å². The van der Waals surface area contributed by atoms with E-state index in [9.17, 15) is 14.0 Å². The van der Waals surface area contributed by atoms with Crippen LogP contribution >= 0.6 is 0 Å². The van der Waals surface area contributed by atoms with E-state index in [1.807, 2.05) is 0 Å². The average molecular weight is 415 g/mol. The van der Waals surface area contributed by atoms with Crippen molar-refractivity contribution < 1.29 is 23.5 Å². The maximum atomic E-state index is 13.8. The molecule has 0 aromatic heterocycles. The molecular formula is C22H26FN3O4. The number of piperidine rings is 1. The second-order valence-corrected chi connectivity index (χ2v) is 7.15. The molecule has 2 aromatic carbocycles. The molecule has 8 heteroatoms. The molecule has 1 saturated heterocycles. The molecule has 1 aliphatic rings. The number of hydrogen-bond donors (Lipinski definition) is 2. The number of nitrogens with one attached hydrogen (secondary N) is 2. The third-order valence-corrected chi connectivity index (χ3v) is 5.17. The van der Waals surface area contributed by atoms with Gasteiger partial charge in [0.2, 0.25) is 0 Å². The molecule has 1 heterocycles. The first-order valence-corrected chi connectivity index (χ1v) is 9.82. The van der Waals surface area contributed by atoms with Gasteiger partial charge in [-0.15, -0.1) is 0 Å². The Morgan fingerprint density at radius 2 is 1.70 bits per heavy atom. The highest BCUT2D eigenvalue weighted by molar-refractivity contribution is 5.94. The van der Waals surface area contributed by atoms with Gasteiger partial charge in [0.25, 0.3) is 5.91 Å². The predicted octanol–water partition coefficient (Wildman–Crippen LogP) is 3.52. The predicted molar refractivity (Wildman–Crippen MR) is 112 cm³/mol. The standard InChI is InChI=1S/C22H26FN3O4/c1-29-17-11-16(12-18(13-17)30-2)25-22(28)24-14-15-7-9-26(10-8-15)21(27)19-5-3-4-6-20(19)23/h3-6,11-13,15H,7-10,14H2,1-2H3,(H2,24,25,28). The molecule has 30 heavy (non-hydrogen) atoms. The van der Waals surface area contributed by atoms with Crippen LogP contribution in [-0.4, -0.2) is 50.7 Å². The van der Waals surface area contributed by atoms with Crippen LogP contribution in [0, 0.1) is 11.7 Å². The van der Waals surface area contributed by atoms with Gasteiger partial charge in [-0.3, -0.25) is 4.79 Å². The highest BCUT2D eigenvalue weighted by Crippen LogP contribution is 2.26. The van der Waals surface area contributed by atoms with Crippen molar-refractivity contribution in [3.8, 4) is 11.5 Å². The molecule has 160 valence electrons. The summed E-state index contributed by atoms with van der Waals surface area (Å²) < 4.78 is 24.2. The molecule has 2 aromatic rings. The Balaban J connectivity index is 1.46. The average Bonchev–Trinajstić information content (AvgIpc) is 2.77. The molecule has 0 atom stereocenters. The number of carbonyl (C=O) groups excluding carboxylic acids is 2. The van der Waals surface area contributed by atoms with E-state index >= 15 is 0 Å². The van der Waals surface area contributed by atoms with E-state index in [-0.39, 0.29) is 23.4 Å². The van der Waals surface area contributed by atoms with E-state index in [2.05, 4.69) is 10.6 Å². The van der Waals surface area contributed by atoms with Gasteiger partial charge >= 0.3 is 6.03 Å². The van der Waals surface area contributed by atoms with Gasteiger partial charge in [0.05, 0.1) is 19.8 Å². The number of amides is 3. The molecule has 0 bridgehead atoms. The number of halogens is 1. The summed E-state index contributed by atoms with van der Waals surface area (Å²) in [6, 6.07) is 10.8. The van der Waals surface area contributed by atoms with E-state index in [1.54, 1.807) is 49.5 Å². The normalized spacial score (nSPS) is 14.2. The summed E-state index contributed by atoms with van der Waals surface area (Å²) in [4.78, 5) is 26.4. The number of likely N-dealkylation sites (tertiary alicyclic amines) is 1. The smallest absolute Gasteiger partial charge is 0.319 e. The number of methoxy groups -OCH3 is 2. The quantitative estimate of drug-likeness (QED) is 0.757. The van der Waals surface area contributed by atoms with Gasteiger partial charge in [-0.1, -0.05) is 12.1 Å². The van der Waals surface area contributed by atoms with Gasteiger partial charge in [0.15, 0.2) is 0 Å². The Bertz CT molecular complexity index is 875. The SMILES string of the molecule is COc1cc(NC(=O)NCC2CCN(C(=O)c3ccccc3F)CC2)cc(OC)c1. The van der Waals surface area contributed by atoms with Crippen LogP contribution < -0.4 is 20.1 Å². The third kappa shape index (κ3) is 5.40. The van der Waals surface area contributed by atoms with Gasteiger partial charge in [-0.2, -0.15) is 0 Å². The van der Waals surface area contributed by atoms with Gasteiger partial charge in [0, 0.05) is 43.5 Å². The van der Waals surface area contributed by atoms with Crippen LogP contribution in [0.2, 0.25) is 0 Å². The largest absolute Gasteiger partial charge is 0.497 e. The molecule has 1 fully saturated rings. The molecule has 0 saturated carbocycles. The molecule has 0 radical (unpaired) electrons. The minimum Gasteiger partial charge on any atom is -0.497 e. The topological polar surface area (TPSA) is 79.9 Å². The summed E-state index contributed by atoms with van der Waals surface area (Å²) >= 11 is 0. The number of carbonyl (C=O) groups is 2. The number of benzene rings is 2. The fourth-order valence-electron chi connectivity index (χ4n) is 3.44. The van der Waals surface area contributed by atoms with Crippen LogP contribution in [0.5, 0.6) is 11.5 Å². The molecule has 1 aliphatic heterocycles. The maximum Gasteiger partial charge on any atom is 0.319 e. The lowest BCUT2D eigenvalue weighted by Gasteiger charge is -2.32. The summed E-state index contributed by atoms with van der Waals surface area (Å²) in [6.45, 7) is 1.57. The summed E-state index contributed by atoms with van der Waals surface area (Å²) in [5.74, 6) is 0.620. The first-order valence-electron chi connectivity index (χ1n) is 9.82. The number of nitrogens with zero attached hydrogens (tertiary/aromatic N) is 1. The molecule has 0 unspecified atom stereocenters. The lowest BCUT2D eigenvalue weighted by molar-refractivity contribution is 0.0686. The van der Waals surface area contributed by atoms with Crippen LogP contribution in [0.3, 0.4) is 0 Å². The van der Waals surface area contributed by atoms with Crippen molar-refractivity contribution >= 4 is 17.6 Å². The van der Waals surface area contributed by atoms with Gasteiger partial charge in [0.1, 0.15) is 17.3 Å². The maximum absolute atomic E-state index is 13.8. The zero-order chi connectivity index (χ0) is 21.5. The Morgan fingerprint density at radius 3 is 2.30 bits per heavy atom. The summed E-state index contributed by atoms with van der Waals surface area (Å²) in [7, 11) is 3.09. The van der Waals surface area contributed by atoms with E-state index in [4.69, 9.17) is 9.47 Å². The zero-order valence-corrected chi connectivity index (χ0v) is 17.1. The number of ether oxygens (including phenoxy) is 2. The first kappa shape index (κ1) is 21.4. The second-order valence-electron chi connectivity index (χ2n) is 7.15. The Morgan fingerprint density at radius 1 is 1.07 bits per heavy atom. The highest BCUT2D eigenvalue weighted by Gasteiger charge is 2.25. The van der Waals surface area contributed by atoms with E-state index < -0.39 is 5.82 Å². The molecular weight excluding hydrogens is 389 g/mol. The molecule has 3 amide bonds. The van der Waals surface area contributed by atoms with Crippen LogP contribution in [0.15, 0.2) is 42.5 Å². The van der Waals surface area contributed by atoms with Crippen molar-refractivity contribution in [1.29, 1.82) is 0 Å².